The van der Waals surface area contributed by atoms with E-state index in [1.54, 1.807) is 42.5 Å². The molecule has 0 atom stereocenters. The Bertz CT molecular complexity index is 1240. The zero-order valence-corrected chi connectivity index (χ0v) is 19.1. The molecule has 0 bridgehead atoms. The van der Waals surface area contributed by atoms with Crippen molar-refractivity contribution in [3.63, 3.8) is 0 Å². The van der Waals surface area contributed by atoms with Gasteiger partial charge < -0.3 is 10.1 Å². The van der Waals surface area contributed by atoms with Gasteiger partial charge in [-0.3, -0.25) is 9.10 Å². The topological polar surface area (TPSA) is 75.7 Å². The van der Waals surface area contributed by atoms with Gasteiger partial charge in [0.2, 0.25) is 5.91 Å². The number of carbonyl (C=O) groups is 1. The Morgan fingerprint density at radius 3 is 2.56 bits per heavy atom. The molecule has 0 fully saturated rings. The quantitative estimate of drug-likeness (QED) is 0.568. The van der Waals surface area contributed by atoms with Crippen molar-refractivity contribution in [1.29, 1.82) is 0 Å². The van der Waals surface area contributed by atoms with Crippen LogP contribution in [0.25, 0.3) is 0 Å². The number of nitrogens with one attached hydrogen (secondary N) is 1. The average molecular weight is 471 g/mol. The first-order chi connectivity index (χ1) is 15.4. The van der Waals surface area contributed by atoms with Crippen LogP contribution in [0.15, 0.2) is 71.6 Å². The van der Waals surface area contributed by atoms with E-state index in [9.17, 15) is 13.2 Å². The van der Waals surface area contributed by atoms with E-state index in [1.165, 1.54) is 11.4 Å². The minimum Gasteiger partial charge on any atom is -0.497 e. The van der Waals surface area contributed by atoms with E-state index in [0.717, 1.165) is 17.5 Å². The lowest BCUT2D eigenvalue weighted by Crippen LogP contribution is -2.35. The lowest BCUT2D eigenvalue weighted by atomic mass is 10.0. The number of benzene rings is 3. The predicted octanol–water partition coefficient (Wildman–Crippen LogP) is 4.67. The Kier molecular flexibility index (Phi) is 6.39. The lowest BCUT2D eigenvalue weighted by Gasteiger charge is -2.31. The molecule has 166 valence electrons. The molecule has 1 aliphatic heterocycles. The number of sulfonamides is 1. The largest absolute Gasteiger partial charge is 0.497 e. The van der Waals surface area contributed by atoms with Crippen LogP contribution in [0.5, 0.6) is 5.75 Å². The van der Waals surface area contributed by atoms with E-state index in [4.69, 9.17) is 16.3 Å². The van der Waals surface area contributed by atoms with Gasteiger partial charge >= 0.3 is 0 Å². The van der Waals surface area contributed by atoms with Crippen molar-refractivity contribution in [3.8, 4) is 5.75 Å². The molecule has 0 radical (unpaired) electrons. The third-order valence-electron chi connectivity index (χ3n) is 5.40. The Morgan fingerprint density at radius 2 is 1.84 bits per heavy atom. The molecule has 8 heteroatoms. The molecule has 6 nitrogen and oxygen atoms in total. The molecule has 32 heavy (non-hydrogen) atoms. The van der Waals surface area contributed by atoms with Gasteiger partial charge in [0.05, 0.1) is 24.1 Å². The second-order valence-electron chi connectivity index (χ2n) is 7.52. The molecule has 4 rings (SSSR count). The standard InChI is InChI=1S/C24H23ClN2O4S/c1-31-20-9-11-21(12-10-20)32(29,30)27-14-4-6-18-15-19(8-13-23(18)27)26-24(28)16-17-5-2-3-7-22(17)25/h2-3,5,7-13,15H,4,6,14,16H2,1H3,(H,26,28). The number of amides is 1. The predicted molar refractivity (Wildman–Crippen MR) is 126 cm³/mol. The lowest BCUT2D eigenvalue weighted by molar-refractivity contribution is -0.115. The van der Waals surface area contributed by atoms with Gasteiger partial charge in [-0.25, -0.2) is 8.42 Å². The number of rotatable bonds is 6. The summed E-state index contributed by atoms with van der Waals surface area (Å²) in [5, 5.41) is 3.43. The fraction of sp³-hybridized carbons (Fsp3) is 0.208. The van der Waals surface area contributed by atoms with Crippen molar-refractivity contribution in [2.75, 3.05) is 23.3 Å². The van der Waals surface area contributed by atoms with Crippen molar-refractivity contribution in [2.24, 2.45) is 0 Å². The van der Waals surface area contributed by atoms with Crippen molar-refractivity contribution < 1.29 is 17.9 Å². The smallest absolute Gasteiger partial charge is 0.264 e. The molecular formula is C24H23ClN2O4S. The van der Waals surface area contributed by atoms with Crippen molar-refractivity contribution >= 4 is 38.9 Å². The molecule has 1 amide bonds. The average Bonchev–Trinajstić information content (AvgIpc) is 2.80. The number of nitrogens with zero attached hydrogens (tertiary/aromatic N) is 1. The number of carbonyl (C=O) groups excluding carboxylic acids is 1. The minimum atomic E-state index is -3.71. The van der Waals surface area contributed by atoms with E-state index in [1.807, 2.05) is 24.3 Å². The molecule has 0 spiro atoms. The molecule has 1 aliphatic rings. The Balaban J connectivity index is 1.54. The fourth-order valence-electron chi connectivity index (χ4n) is 3.78. The number of fused-ring (bicyclic) bond motifs is 1. The van der Waals surface area contributed by atoms with Gasteiger partial charge in [-0.15, -0.1) is 0 Å². The summed E-state index contributed by atoms with van der Waals surface area (Å²) in [5.74, 6) is 0.414. The Labute approximate surface area is 192 Å². The molecule has 0 aliphatic carbocycles. The zero-order valence-electron chi connectivity index (χ0n) is 17.5. The van der Waals surface area contributed by atoms with Crippen molar-refractivity contribution in [1.82, 2.24) is 0 Å². The summed E-state index contributed by atoms with van der Waals surface area (Å²) in [6, 6.07) is 18.9. The summed E-state index contributed by atoms with van der Waals surface area (Å²) in [5.41, 5.74) is 2.89. The van der Waals surface area contributed by atoms with Crippen LogP contribution < -0.4 is 14.4 Å². The summed E-state index contributed by atoms with van der Waals surface area (Å²) in [4.78, 5) is 12.7. The van der Waals surface area contributed by atoms with Gasteiger partial charge in [0, 0.05) is 17.3 Å². The molecule has 1 heterocycles. The third-order valence-corrected chi connectivity index (χ3v) is 7.59. The third kappa shape index (κ3) is 4.59. The second kappa shape index (κ2) is 9.22. The van der Waals surface area contributed by atoms with Crippen LogP contribution >= 0.6 is 11.6 Å². The van der Waals surface area contributed by atoms with Gasteiger partial charge in [0.25, 0.3) is 10.0 Å². The zero-order chi connectivity index (χ0) is 22.7. The fourth-order valence-corrected chi connectivity index (χ4v) is 5.53. The number of methoxy groups -OCH3 is 1. The van der Waals surface area contributed by atoms with Crippen LogP contribution in [0.1, 0.15) is 17.5 Å². The number of hydrogen-bond acceptors (Lipinski definition) is 4. The first-order valence-corrected chi connectivity index (χ1v) is 12.0. The summed E-state index contributed by atoms with van der Waals surface area (Å²) in [6.07, 6.45) is 1.59. The summed E-state index contributed by atoms with van der Waals surface area (Å²) in [6.45, 7) is 0.402. The molecule has 3 aromatic carbocycles. The highest BCUT2D eigenvalue weighted by molar-refractivity contribution is 7.92. The summed E-state index contributed by atoms with van der Waals surface area (Å²) in [7, 11) is -2.17. The van der Waals surface area contributed by atoms with Gasteiger partial charge in [-0.05, 0) is 72.5 Å². The number of halogens is 1. The van der Waals surface area contributed by atoms with E-state index in [2.05, 4.69) is 5.32 Å². The minimum absolute atomic E-state index is 0.161. The maximum atomic E-state index is 13.3. The number of aryl methyl sites for hydroxylation is 1. The van der Waals surface area contributed by atoms with Crippen LogP contribution in [0.2, 0.25) is 5.02 Å². The van der Waals surface area contributed by atoms with Crippen LogP contribution in [0.4, 0.5) is 11.4 Å². The highest BCUT2D eigenvalue weighted by Crippen LogP contribution is 2.34. The Hall–Kier alpha value is -3.03. The van der Waals surface area contributed by atoms with Crippen molar-refractivity contribution in [2.45, 2.75) is 24.2 Å². The number of ether oxygens (including phenoxy) is 1. The molecule has 3 aromatic rings. The summed E-state index contributed by atoms with van der Waals surface area (Å²) >= 11 is 6.14. The SMILES string of the molecule is COc1ccc(S(=O)(=O)N2CCCc3cc(NC(=O)Cc4ccccc4Cl)ccc32)cc1. The number of anilines is 2. The first-order valence-electron chi connectivity index (χ1n) is 10.2. The molecular weight excluding hydrogens is 448 g/mol. The normalized spacial score (nSPS) is 13.4. The first kappa shape index (κ1) is 22.2. The van der Waals surface area contributed by atoms with Crippen LogP contribution in [-0.2, 0) is 27.7 Å². The van der Waals surface area contributed by atoms with Gasteiger partial charge in [0.1, 0.15) is 5.75 Å². The monoisotopic (exact) mass is 470 g/mol. The van der Waals surface area contributed by atoms with Gasteiger partial charge in [0.15, 0.2) is 0 Å². The highest BCUT2D eigenvalue weighted by Gasteiger charge is 2.29. The van der Waals surface area contributed by atoms with Crippen LogP contribution in [-0.4, -0.2) is 28.0 Å². The van der Waals surface area contributed by atoms with Crippen LogP contribution in [0, 0.1) is 0 Å². The molecule has 0 saturated heterocycles. The van der Waals surface area contributed by atoms with Gasteiger partial charge in [-0.1, -0.05) is 29.8 Å². The molecule has 0 unspecified atom stereocenters. The van der Waals surface area contributed by atoms with E-state index in [0.29, 0.717) is 35.1 Å². The van der Waals surface area contributed by atoms with E-state index in [-0.39, 0.29) is 17.2 Å². The highest BCUT2D eigenvalue weighted by atomic mass is 35.5. The summed E-state index contributed by atoms with van der Waals surface area (Å²) < 4.78 is 33.1. The van der Waals surface area contributed by atoms with E-state index < -0.39 is 10.0 Å². The van der Waals surface area contributed by atoms with E-state index >= 15 is 0 Å². The molecule has 0 saturated carbocycles. The maximum absolute atomic E-state index is 13.3. The molecule has 0 aromatic heterocycles. The van der Waals surface area contributed by atoms with Gasteiger partial charge in [-0.2, -0.15) is 0 Å². The Morgan fingerprint density at radius 1 is 1.09 bits per heavy atom. The second-order valence-corrected chi connectivity index (χ2v) is 9.79. The molecule has 1 N–H and O–H groups in total. The number of hydrogen-bond donors (Lipinski definition) is 1. The van der Waals surface area contributed by atoms with Crippen LogP contribution in [0.3, 0.4) is 0 Å². The van der Waals surface area contributed by atoms with Crippen molar-refractivity contribution in [3.05, 3.63) is 82.9 Å². The maximum Gasteiger partial charge on any atom is 0.264 e.